The van der Waals surface area contributed by atoms with Gasteiger partial charge in [-0.25, -0.2) is 4.39 Å². The van der Waals surface area contributed by atoms with E-state index >= 15 is 0 Å². The van der Waals surface area contributed by atoms with Crippen LogP contribution >= 0.6 is 11.6 Å². The van der Waals surface area contributed by atoms with E-state index < -0.39 is 0 Å². The molecule has 2 aromatic carbocycles. The van der Waals surface area contributed by atoms with Gasteiger partial charge in [0.05, 0.1) is 6.54 Å². The molecule has 0 saturated carbocycles. The predicted molar refractivity (Wildman–Crippen MR) is 82.9 cm³/mol. The van der Waals surface area contributed by atoms with Crippen molar-refractivity contribution in [1.29, 1.82) is 0 Å². The molecule has 2 rings (SSSR count). The molecule has 0 unspecified atom stereocenters. The molecule has 3 nitrogen and oxygen atoms in total. The summed E-state index contributed by atoms with van der Waals surface area (Å²) in [6, 6.07) is 13.1. The van der Waals surface area contributed by atoms with E-state index in [-0.39, 0.29) is 24.3 Å². The summed E-state index contributed by atoms with van der Waals surface area (Å²) in [6.07, 6.45) is 0. The number of hydrogen-bond donors (Lipinski definition) is 2. The third-order valence-electron chi connectivity index (χ3n) is 3.07. The van der Waals surface area contributed by atoms with Gasteiger partial charge in [0.15, 0.2) is 0 Å². The van der Waals surface area contributed by atoms with Crippen molar-refractivity contribution >= 4 is 23.2 Å². The van der Waals surface area contributed by atoms with Crippen molar-refractivity contribution in [3.05, 3.63) is 64.9 Å². The minimum Gasteiger partial charge on any atom is -0.325 e. The second kappa shape index (κ2) is 7.20. The molecule has 0 saturated heterocycles. The van der Waals surface area contributed by atoms with Crippen LogP contribution in [0.5, 0.6) is 0 Å². The van der Waals surface area contributed by atoms with Gasteiger partial charge in [-0.05, 0) is 48.9 Å². The molecule has 5 heteroatoms. The van der Waals surface area contributed by atoms with Gasteiger partial charge >= 0.3 is 0 Å². The minimum absolute atomic E-state index is 0.0402. The van der Waals surface area contributed by atoms with E-state index in [4.69, 9.17) is 11.6 Å². The number of benzene rings is 2. The largest absolute Gasteiger partial charge is 0.325 e. The van der Waals surface area contributed by atoms with Crippen molar-refractivity contribution in [2.24, 2.45) is 0 Å². The van der Waals surface area contributed by atoms with Crippen LogP contribution in [0.15, 0.2) is 48.5 Å². The van der Waals surface area contributed by atoms with Crippen molar-refractivity contribution in [2.75, 3.05) is 11.9 Å². The number of halogens is 2. The van der Waals surface area contributed by atoms with Crippen molar-refractivity contribution in [1.82, 2.24) is 5.32 Å². The van der Waals surface area contributed by atoms with Gasteiger partial charge in [-0.1, -0.05) is 23.7 Å². The molecule has 110 valence electrons. The van der Waals surface area contributed by atoms with Gasteiger partial charge in [-0.3, -0.25) is 4.79 Å². The minimum atomic E-state index is -0.272. The number of carbonyl (C=O) groups is 1. The maximum Gasteiger partial charge on any atom is 0.238 e. The summed E-state index contributed by atoms with van der Waals surface area (Å²) in [6.45, 7) is 2.09. The number of carbonyl (C=O) groups excluding carboxylic acids is 1. The SMILES string of the molecule is C[C@@H](NCC(=O)Nc1ccc(Cl)cc1)c1ccc(F)cc1. The average Bonchev–Trinajstić information content (AvgIpc) is 2.48. The second-order valence-corrected chi connectivity index (χ2v) is 5.15. The second-order valence-electron chi connectivity index (χ2n) is 4.71. The fraction of sp³-hybridized carbons (Fsp3) is 0.188. The lowest BCUT2D eigenvalue weighted by Crippen LogP contribution is -2.30. The molecule has 1 atom stereocenters. The molecule has 21 heavy (non-hydrogen) atoms. The highest BCUT2D eigenvalue weighted by molar-refractivity contribution is 6.30. The monoisotopic (exact) mass is 306 g/mol. The Morgan fingerprint density at radius 1 is 1.14 bits per heavy atom. The van der Waals surface area contributed by atoms with Crippen LogP contribution in [0.25, 0.3) is 0 Å². The Labute approximate surface area is 128 Å². The molecule has 0 spiro atoms. The van der Waals surface area contributed by atoms with Crippen LogP contribution in [0.1, 0.15) is 18.5 Å². The Bertz CT molecular complexity index is 599. The van der Waals surface area contributed by atoms with E-state index in [0.29, 0.717) is 10.7 Å². The van der Waals surface area contributed by atoms with Crippen LogP contribution in [0.4, 0.5) is 10.1 Å². The van der Waals surface area contributed by atoms with E-state index in [1.165, 1.54) is 12.1 Å². The molecule has 2 N–H and O–H groups in total. The Hall–Kier alpha value is -1.91. The van der Waals surface area contributed by atoms with Crippen molar-refractivity contribution < 1.29 is 9.18 Å². The van der Waals surface area contributed by atoms with Gasteiger partial charge in [-0.2, -0.15) is 0 Å². The quantitative estimate of drug-likeness (QED) is 0.883. The number of nitrogens with one attached hydrogen (secondary N) is 2. The Kier molecular flexibility index (Phi) is 5.31. The third-order valence-corrected chi connectivity index (χ3v) is 3.32. The average molecular weight is 307 g/mol. The van der Waals surface area contributed by atoms with Crippen LogP contribution in [-0.4, -0.2) is 12.5 Å². The van der Waals surface area contributed by atoms with Crippen LogP contribution in [0, 0.1) is 5.82 Å². The van der Waals surface area contributed by atoms with E-state index in [0.717, 1.165) is 5.56 Å². The Morgan fingerprint density at radius 2 is 1.76 bits per heavy atom. The van der Waals surface area contributed by atoms with Gasteiger partial charge < -0.3 is 10.6 Å². The number of hydrogen-bond acceptors (Lipinski definition) is 2. The number of rotatable bonds is 5. The highest BCUT2D eigenvalue weighted by Gasteiger charge is 2.08. The van der Waals surface area contributed by atoms with Gasteiger partial charge in [-0.15, -0.1) is 0 Å². The molecular weight excluding hydrogens is 291 g/mol. The van der Waals surface area contributed by atoms with Crippen LogP contribution < -0.4 is 10.6 Å². The smallest absolute Gasteiger partial charge is 0.238 e. The zero-order chi connectivity index (χ0) is 15.2. The summed E-state index contributed by atoms with van der Waals surface area (Å²) in [7, 11) is 0. The maximum absolute atomic E-state index is 12.8. The highest BCUT2D eigenvalue weighted by atomic mass is 35.5. The van der Waals surface area contributed by atoms with E-state index in [1.807, 2.05) is 6.92 Å². The molecule has 0 heterocycles. The first kappa shape index (κ1) is 15.5. The first-order valence-electron chi connectivity index (χ1n) is 6.59. The first-order chi connectivity index (χ1) is 10.0. The summed E-state index contributed by atoms with van der Waals surface area (Å²) in [5.41, 5.74) is 1.62. The zero-order valence-corrected chi connectivity index (χ0v) is 12.3. The Morgan fingerprint density at radius 3 is 2.38 bits per heavy atom. The fourth-order valence-electron chi connectivity index (χ4n) is 1.85. The van der Waals surface area contributed by atoms with E-state index in [1.54, 1.807) is 36.4 Å². The topological polar surface area (TPSA) is 41.1 Å². The van der Waals surface area contributed by atoms with Crippen LogP contribution in [0.3, 0.4) is 0 Å². The maximum atomic E-state index is 12.8. The van der Waals surface area contributed by atoms with Gasteiger partial charge in [0, 0.05) is 16.8 Å². The van der Waals surface area contributed by atoms with Crippen LogP contribution in [0.2, 0.25) is 5.02 Å². The molecular formula is C16H16ClFN2O. The molecule has 0 aliphatic heterocycles. The van der Waals surface area contributed by atoms with Gasteiger partial charge in [0.1, 0.15) is 5.82 Å². The normalized spacial score (nSPS) is 12.0. The molecule has 0 fully saturated rings. The summed E-state index contributed by atoms with van der Waals surface area (Å²) in [5.74, 6) is -0.419. The number of amides is 1. The predicted octanol–water partition coefficient (Wildman–Crippen LogP) is 3.77. The molecule has 0 aliphatic rings. The molecule has 2 aromatic rings. The van der Waals surface area contributed by atoms with Crippen molar-refractivity contribution in [2.45, 2.75) is 13.0 Å². The van der Waals surface area contributed by atoms with E-state index in [9.17, 15) is 9.18 Å². The lowest BCUT2D eigenvalue weighted by molar-refractivity contribution is -0.115. The highest BCUT2D eigenvalue weighted by Crippen LogP contribution is 2.14. The van der Waals surface area contributed by atoms with Crippen LogP contribution in [-0.2, 0) is 4.79 Å². The van der Waals surface area contributed by atoms with Gasteiger partial charge in [0.25, 0.3) is 0 Å². The molecule has 0 aliphatic carbocycles. The van der Waals surface area contributed by atoms with Gasteiger partial charge in [0.2, 0.25) is 5.91 Å². The summed E-state index contributed by atoms with van der Waals surface area (Å²) in [4.78, 5) is 11.8. The lowest BCUT2D eigenvalue weighted by atomic mass is 10.1. The van der Waals surface area contributed by atoms with E-state index in [2.05, 4.69) is 10.6 Å². The first-order valence-corrected chi connectivity index (χ1v) is 6.96. The third kappa shape index (κ3) is 4.85. The molecule has 0 aromatic heterocycles. The fourth-order valence-corrected chi connectivity index (χ4v) is 1.98. The van der Waals surface area contributed by atoms with Crippen molar-refractivity contribution in [3.8, 4) is 0 Å². The summed E-state index contributed by atoms with van der Waals surface area (Å²) >= 11 is 5.78. The Balaban J connectivity index is 1.83. The molecule has 0 radical (unpaired) electrons. The molecule has 1 amide bonds. The van der Waals surface area contributed by atoms with Crippen molar-refractivity contribution in [3.63, 3.8) is 0 Å². The zero-order valence-electron chi connectivity index (χ0n) is 11.6. The summed E-state index contributed by atoms with van der Waals surface area (Å²) in [5, 5.41) is 6.48. The molecule has 0 bridgehead atoms. The number of anilines is 1. The standard InChI is InChI=1S/C16H16ClFN2O/c1-11(12-2-6-14(18)7-3-12)19-10-16(21)20-15-8-4-13(17)5-9-15/h2-9,11,19H,10H2,1H3,(H,20,21)/t11-/m1/s1. The lowest BCUT2D eigenvalue weighted by Gasteiger charge is -2.14. The summed E-state index contributed by atoms with van der Waals surface area (Å²) < 4.78 is 12.8.